The fourth-order valence-electron chi connectivity index (χ4n) is 1.68. The summed E-state index contributed by atoms with van der Waals surface area (Å²) in [5.74, 6) is -0.188. The van der Waals surface area contributed by atoms with E-state index in [1.165, 1.54) is 12.4 Å². The average Bonchev–Trinajstić information content (AvgIpc) is 2.55. The van der Waals surface area contributed by atoms with Gasteiger partial charge in [-0.25, -0.2) is 0 Å². The van der Waals surface area contributed by atoms with E-state index in [2.05, 4.69) is 31.8 Å². The van der Waals surface area contributed by atoms with Gasteiger partial charge in [0.1, 0.15) is 5.75 Å². The highest BCUT2D eigenvalue weighted by Gasteiger charge is 2.11. The molecule has 0 unspecified atom stereocenters. The molecule has 0 fully saturated rings. The Morgan fingerprint density at radius 1 is 1.09 bits per heavy atom. The topological polar surface area (TPSA) is 80.3 Å². The van der Waals surface area contributed by atoms with Crippen molar-refractivity contribution in [1.82, 2.24) is 15.8 Å². The van der Waals surface area contributed by atoms with Crippen LogP contribution in [-0.2, 0) is 0 Å². The SMILES string of the molecule is CCOc1ccc(C(=O)NNC(=O)c2ccncc2)cc1Br. The number of hydrazine groups is 1. The van der Waals surface area contributed by atoms with E-state index >= 15 is 0 Å². The number of aromatic nitrogens is 1. The molecule has 7 heteroatoms. The molecule has 2 amide bonds. The predicted molar refractivity (Wildman–Crippen MR) is 84.5 cm³/mol. The normalized spacial score (nSPS) is 9.91. The van der Waals surface area contributed by atoms with Gasteiger partial charge in [0, 0.05) is 23.5 Å². The van der Waals surface area contributed by atoms with Gasteiger partial charge in [0.05, 0.1) is 11.1 Å². The van der Waals surface area contributed by atoms with Gasteiger partial charge in [0.2, 0.25) is 0 Å². The summed E-state index contributed by atoms with van der Waals surface area (Å²) in [4.78, 5) is 27.6. The van der Waals surface area contributed by atoms with Crippen molar-refractivity contribution in [3.8, 4) is 5.75 Å². The largest absolute Gasteiger partial charge is 0.493 e. The Hall–Kier alpha value is -2.41. The molecule has 22 heavy (non-hydrogen) atoms. The molecule has 1 heterocycles. The zero-order chi connectivity index (χ0) is 15.9. The van der Waals surface area contributed by atoms with Crippen molar-refractivity contribution in [3.63, 3.8) is 0 Å². The van der Waals surface area contributed by atoms with Gasteiger partial charge in [0.25, 0.3) is 11.8 Å². The van der Waals surface area contributed by atoms with Crippen LogP contribution in [0.4, 0.5) is 0 Å². The lowest BCUT2D eigenvalue weighted by Gasteiger charge is -2.09. The fourth-order valence-corrected chi connectivity index (χ4v) is 2.17. The van der Waals surface area contributed by atoms with Crippen molar-refractivity contribution in [3.05, 3.63) is 58.3 Å². The Morgan fingerprint density at radius 3 is 2.32 bits per heavy atom. The number of rotatable bonds is 4. The summed E-state index contributed by atoms with van der Waals surface area (Å²) in [6.45, 7) is 2.41. The van der Waals surface area contributed by atoms with Crippen molar-refractivity contribution >= 4 is 27.7 Å². The molecule has 114 valence electrons. The Morgan fingerprint density at radius 2 is 1.73 bits per heavy atom. The molecule has 0 bridgehead atoms. The lowest BCUT2D eigenvalue weighted by Crippen LogP contribution is -2.41. The number of pyridine rings is 1. The first kappa shape index (κ1) is 16.0. The number of nitrogens with zero attached hydrogens (tertiary/aromatic N) is 1. The number of carbonyl (C=O) groups excluding carboxylic acids is 2. The lowest BCUT2D eigenvalue weighted by molar-refractivity contribution is 0.0846. The third-order valence-electron chi connectivity index (χ3n) is 2.73. The fraction of sp³-hybridized carbons (Fsp3) is 0.133. The van der Waals surface area contributed by atoms with E-state index in [9.17, 15) is 9.59 Å². The van der Waals surface area contributed by atoms with Crippen LogP contribution in [0.25, 0.3) is 0 Å². The number of halogens is 1. The summed E-state index contributed by atoms with van der Waals surface area (Å²) in [6, 6.07) is 8.03. The molecule has 0 spiro atoms. The molecule has 0 atom stereocenters. The Kier molecular flexibility index (Phi) is 5.48. The van der Waals surface area contributed by atoms with Crippen LogP contribution < -0.4 is 15.6 Å². The Labute approximate surface area is 136 Å². The van der Waals surface area contributed by atoms with Gasteiger partial charge in [-0.1, -0.05) is 0 Å². The highest BCUT2D eigenvalue weighted by molar-refractivity contribution is 9.10. The van der Waals surface area contributed by atoms with Crippen LogP contribution in [0.5, 0.6) is 5.75 Å². The number of amides is 2. The Balaban J connectivity index is 1.98. The van der Waals surface area contributed by atoms with Crippen molar-refractivity contribution in [1.29, 1.82) is 0 Å². The summed E-state index contributed by atoms with van der Waals surface area (Å²) in [7, 11) is 0. The summed E-state index contributed by atoms with van der Waals surface area (Å²) in [5.41, 5.74) is 5.50. The molecular weight excluding hydrogens is 350 g/mol. The van der Waals surface area contributed by atoms with Crippen LogP contribution in [-0.4, -0.2) is 23.4 Å². The standard InChI is InChI=1S/C15H14BrN3O3/c1-2-22-13-4-3-11(9-12(13)16)15(21)19-18-14(20)10-5-7-17-8-6-10/h3-9H,2H2,1H3,(H,18,20)(H,19,21). The van der Waals surface area contributed by atoms with Crippen LogP contribution in [0.2, 0.25) is 0 Å². The second-order valence-corrected chi connectivity index (χ2v) is 5.08. The van der Waals surface area contributed by atoms with Gasteiger partial charge >= 0.3 is 0 Å². The Bertz CT molecular complexity index is 677. The summed E-state index contributed by atoms with van der Waals surface area (Å²) in [5, 5.41) is 0. The monoisotopic (exact) mass is 363 g/mol. The number of ether oxygens (including phenoxy) is 1. The van der Waals surface area contributed by atoms with Crippen molar-refractivity contribution in [2.75, 3.05) is 6.61 Å². The molecule has 6 nitrogen and oxygen atoms in total. The van der Waals surface area contributed by atoms with Gasteiger partial charge in [-0.05, 0) is 53.2 Å². The molecule has 2 N–H and O–H groups in total. The second kappa shape index (κ2) is 7.56. The number of benzene rings is 1. The molecule has 0 aliphatic heterocycles. The number of hydrogen-bond acceptors (Lipinski definition) is 4. The van der Waals surface area contributed by atoms with Crippen molar-refractivity contribution in [2.24, 2.45) is 0 Å². The predicted octanol–water partition coefficient (Wildman–Crippen LogP) is 2.32. The van der Waals surface area contributed by atoms with Crippen LogP contribution >= 0.6 is 15.9 Å². The first-order valence-electron chi connectivity index (χ1n) is 6.55. The molecule has 1 aromatic carbocycles. The number of hydrogen-bond donors (Lipinski definition) is 2. The average molecular weight is 364 g/mol. The minimum Gasteiger partial charge on any atom is -0.493 e. The van der Waals surface area contributed by atoms with E-state index in [1.54, 1.807) is 30.3 Å². The third-order valence-corrected chi connectivity index (χ3v) is 3.35. The van der Waals surface area contributed by atoms with E-state index in [1.807, 2.05) is 6.92 Å². The van der Waals surface area contributed by atoms with Crippen LogP contribution in [0.1, 0.15) is 27.6 Å². The van der Waals surface area contributed by atoms with E-state index in [4.69, 9.17) is 4.74 Å². The molecule has 0 saturated heterocycles. The molecule has 1 aromatic heterocycles. The summed E-state index contributed by atoms with van der Waals surface area (Å²) < 4.78 is 6.04. The molecule has 0 radical (unpaired) electrons. The molecular formula is C15H14BrN3O3. The van der Waals surface area contributed by atoms with Gasteiger partial charge in [0.15, 0.2) is 0 Å². The van der Waals surface area contributed by atoms with Gasteiger partial charge < -0.3 is 4.74 Å². The van der Waals surface area contributed by atoms with Crippen LogP contribution in [0.15, 0.2) is 47.2 Å². The van der Waals surface area contributed by atoms with Gasteiger partial charge in [-0.15, -0.1) is 0 Å². The van der Waals surface area contributed by atoms with Crippen LogP contribution in [0, 0.1) is 0 Å². The third kappa shape index (κ3) is 4.05. The summed E-state index contributed by atoms with van der Waals surface area (Å²) >= 11 is 3.33. The van der Waals surface area contributed by atoms with Gasteiger partial charge in [-0.2, -0.15) is 0 Å². The minimum absolute atomic E-state index is 0.394. The lowest BCUT2D eigenvalue weighted by atomic mass is 10.2. The van der Waals surface area contributed by atoms with Crippen LogP contribution in [0.3, 0.4) is 0 Å². The maximum atomic E-state index is 12.0. The van der Waals surface area contributed by atoms with E-state index < -0.39 is 11.8 Å². The van der Waals surface area contributed by atoms with E-state index in [-0.39, 0.29) is 0 Å². The van der Waals surface area contributed by atoms with Crippen molar-refractivity contribution in [2.45, 2.75) is 6.92 Å². The zero-order valence-electron chi connectivity index (χ0n) is 11.8. The first-order chi connectivity index (χ1) is 10.6. The highest BCUT2D eigenvalue weighted by atomic mass is 79.9. The van der Waals surface area contributed by atoms with Gasteiger partial charge in [-0.3, -0.25) is 25.4 Å². The molecule has 2 rings (SSSR count). The van der Waals surface area contributed by atoms with Crippen molar-refractivity contribution < 1.29 is 14.3 Å². The molecule has 0 saturated carbocycles. The highest BCUT2D eigenvalue weighted by Crippen LogP contribution is 2.25. The number of nitrogens with one attached hydrogen (secondary N) is 2. The minimum atomic E-state index is -0.425. The smallest absolute Gasteiger partial charge is 0.269 e. The molecule has 0 aliphatic carbocycles. The maximum Gasteiger partial charge on any atom is 0.269 e. The number of carbonyl (C=O) groups is 2. The van der Waals surface area contributed by atoms with E-state index in [0.29, 0.717) is 28.0 Å². The molecule has 0 aliphatic rings. The molecule has 2 aromatic rings. The second-order valence-electron chi connectivity index (χ2n) is 4.22. The quantitative estimate of drug-likeness (QED) is 0.816. The maximum absolute atomic E-state index is 12.0. The zero-order valence-corrected chi connectivity index (χ0v) is 13.4. The summed E-state index contributed by atoms with van der Waals surface area (Å²) in [6.07, 6.45) is 3.00. The van der Waals surface area contributed by atoms with E-state index in [0.717, 1.165) is 0 Å². The first-order valence-corrected chi connectivity index (χ1v) is 7.34.